The predicted octanol–water partition coefficient (Wildman–Crippen LogP) is 1.99. The molecular weight excluding hydrogens is 238 g/mol. The van der Waals surface area contributed by atoms with Crippen molar-refractivity contribution in [3.8, 4) is 0 Å². The van der Waals surface area contributed by atoms with Gasteiger partial charge in [-0.05, 0) is 50.6 Å². The average Bonchev–Trinajstić information content (AvgIpc) is 2.71. The van der Waals surface area contributed by atoms with Crippen molar-refractivity contribution in [3.63, 3.8) is 0 Å². The Balaban J connectivity index is 2.25. The number of amides is 1. The Kier molecular flexibility index (Phi) is 4.02. The maximum atomic E-state index is 12.3. The third-order valence-electron chi connectivity index (χ3n) is 3.16. The summed E-state index contributed by atoms with van der Waals surface area (Å²) in [6, 6.07) is 11.5. The van der Waals surface area contributed by atoms with Crippen molar-refractivity contribution >= 4 is 5.91 Å². The zero-order chi connectivity index (χ0) is 13.8. The minimum Gasteiger partial charge on any atom is -0.330 e. The van der Waals surface area contributed by atoms with E-state index in [9.17, 15) is 4.79 Å². The van der Waals surface area contributed by atoms with E-state index in [1.807, 2.05) is 50.2 Å². The number of nitrogens with zero attached hydrogens (tertiary/aromatic N) is 1. The molecule has 19 heavy (non-hydrogen) atoms. The van der Waals surface area contributed by atoms with E-state index in [1.54, 1.807) is 4.68 Å². The van der Waals surface area contributed by atoms with Gasteiger partial charge in [-0.2, -0.15) is 0 Å². The van der Waals surface area contributed by atoms with Crippen LogP contribution in [0.3, 0.4) is 0 Å². The van der Waals surface area contributed by atoms with E-state index in [1.165, 1.54) is 0 Å². The second-order valence-electron chi connectivity index (χ2n) is 4.59. The molecule has 1 aromatic heterocycles. The molecule has 0 fully saturated rings. The number of aryl methyl sites for hydroxylation is 2. The monoisotopic (exact) mass is 257 g/mol. The van der Waals surface area contributed by atoms with Crippen molar-refractivity contribution in [2.75, 3.05) is 12.0 Å². The van der Waals surface area contributed by atoms with Crippen LogP contribution >= 0.6 is 0 Å². The van der Waals surface area contributed by atoms with Gasteiger partial charge in [-0.1, -0.05) is 18.2 Å². The molecule has 1 heterocycles. The van der Waals surface area contributed by atoms with E-state index in [-0.39, 0.29) is 5.91 Å². The summed E-state index contributed by atoms with van der Waals surface area (Å²) >= 11 is 0. The highest BCUT2D eigenvalue weighted by molar-refractivity contribution is 6.01. The van der Waals surface area contributed by atoms with Crippen LogP contribution in [0.2, 0.25) is 0 Å². The number of nitrogens with one attached hydrogen (secondary N) is 1. The van der Waals surface area contributed by atoms with Crippen LogP contribution in [0.15, 0.2) is 36.4 Å². The van der Waals surface area contributed by atoms with Gasteiger partial charge in [0.2, 0.25) is 0 Å². The number of carbonyl (C=O) groups excluding carboxylic acids is 1. The zero-order valence-corrected chi connectivity index (χ0v) is 11.3. The molecule has 0 radical (unpaired) electrons. The van der Waals surface area contributed by atoms with Gasteiger partial charge in [0.25, 0.3) is 5.91 Å². The fraction of sp³-hybridized carbons (Fsp3) is 0.267. The fourth-order valence-corrected chi connectivity index (χ4v) is 2.12. The summed E-state index contributed by atoms with van der Waals surface area (Å²) in [6.45, 7) is 4.45. The molecule has 0 saturated carbocycles. The highest BCUT2D eigenvalue weighted by Crippen LogP contribution is 2.11. The van der Waals surface area contributed by atoms with Crippen molar-refractivity contribution in [1.29, 1.82) is 0 Å². The maximum Gasteiger partial charge on any atom is 0.270 e. The Morgan fingerprint density at radius 2 is 1.79 bits per heavy atom. The molecule has 2 aromatic rings. The fourth-order valence-electron chi connectivity index (χ4n) is 2.12. The van der Waals surface area contributed by atoms with Crippen molar-refractivity contribution < 1.29 is 4.79 Å². The van der Waals surface area contributed by atoms with E-state index >= 15 is 0 Å². The summed E-state index contributed by atoms with van der Waals surface area (Å²) < 4.78 is 1.79. The molecular formula is C15H19N3O. The molecule has 0 aliphatic rings. The summed E-state index contributed by atoms with van der Waals surface area (Å²) in [4.78, 5) is 12.3. The lowest BCUT2D eigenvalue weighted by molar-refractivity contribution is 0.101. The molecule has 4 nitrogen and oxygen atoms in total. The summed E-state index contributed by atoms with van der Waals surface area (Å²) in [6.07, 6.45) is 0.702. The Morgan fingerprint density at radius 1 is 1.16 bits per heavy atom. The lowest BCUT2D eigenvalue weighted by Gasteiger charge is -2.13. The smallest absolute Gasteiger partial charge is 0.270 e. The van der Waals surface area contributed by atoms with Crippen LogP contribution in [0.1, 0.15) is 27.3 Å². The lowest BCUT2D eigenvalue weighted by atomic mass is 10.0. The third kappa shape index (κ3) is 2.85. The van der Waals surface area contributed by atoms with Gasteiger partial charge < -0.3 is 5.73 Å². The number of hydrogen-bond acceptors (Lipinski definition) is 2. The number of hydrogen-bond donors (Lipinski definition) is 2. The lowest BCUT2D eigenvalue weighted by Crippen LogP contribution is -2.26. The van der Waals surface area contributed by atoms with E-state index < -0.39 is 0 Å². The summed E-state index contributed by atoms with van der Waals surface area (Å²) in [7, 11) is 0. The van der Waals surface area contributed by atoms with Crippen molar-refractivity contribution in [1.82, 2.24) is 4.68 Å². The first-order valence-electron chi connectivity index (χ1n) is 6.37. The average molecular weight is 257 g/mol. The molecule has 0 atom stereocenters. The topological polar surface area (TPSA) is 60.0 Å². The molecule has 1 amide bonds. The molecule has 3 N–H and O–H groups in total. The molecule has 0 aliphatic heterocycles. The molecule has 0 aliphatic carbocycles. The highest BCUT2D eigenvalue weighted by atomic mass is 16.2. The van der Waals surface area contributed by atoms with Crippen LogP contribution in [-0.2, 0) is 6.42 Å². The van der Waals surface area contributed by atoms with Crippen LogP contribution < -0.4 is 11.2 Å². The van der Waals surface area contributed by atoms with E-state index in [4.69, 9.17) is 5.73 Å². The van der Waals surface area contributed by atoms with Gasteiger partial charge in [0.05, 0.1) is 0 Å². The Hall–Kier alpha value is -2.07. The Labute approximate surface area is 113 Å². The largest absolute Gasteiger partial charge is 0.330 e. The van der Waals surface area contributed by atoms with Crippen molar-refractivity contribution in [2.45, 2.75) is 20.3 Å². The number of rotatable bonds is 4. The molecule has 1 aromatic carbocycles. The third-order valence-corrected chi connectivity index (χ3v) is 3.16. The standard InChI is InChI=1S/C15H19N3O/c1-11-7-8-12(2)18(11)17-15(19)14-6-4-3-5-13(14)9-10-16/h3-8H,9-10,16H2,1-2H3,(H,17,19). The first-order valence-corrected chi connectivity index (χ1v) is 6.37. The van der Waals surface area contributed by atoms with Gasteiger partial charge in [0.15, 0.2) is 0 Å². The summed E-state index contributed by atoms with van der Waals surface area (Å²) in [5.41, 5.74) is 12.1. The van der Waals surface area contributed by atoms with Gasteiger partial charge >= 0.3 is 0 Å². The minimum atomic E-state index is -0.105. The molecule has 0 bridgehead atoms. The quantitative estimate of drug-likeness (QED) is 0.880. The molecule has 100 valence electrons. The number of benzene rings is 1. The number of nitrogens with two attached hydrogens (primary N) is 1. The van der Waals surface area contributed by atoms with E-state index in [2.05, 4.69) is 5.43 Å². The molecule has 0 unspecified atom stereocenters. The van der Waals surface area contributed by atoms with Gasteiger partial charge in [0, 0.05) is 17.0 Å². The first kappa shape index (κ1) is 13.4. The van der Waals surface area contributed by atoms with Crippen molar-refractivity contribution in [2.24, 2.45) is 5.73 Å². The Morgan fingerprint density at radius 3 is 2.42 bits per heavy atom. The van der Waals surface area contributed by atoms with E-state index in [0.29, 0.717) is 18.5 Å². The maximum absolute atomic E-state index is 12.3. The van der Waals surface area contributed by atoms with E-state index in [0.717, 1.165) is 17.0 Å². The van der Waals surface area contributed by atoms with Crippen LogP contribution in [0.5, 0.6) is 0 Å². The van der Waals surface area contributed by atoms with Crippen LogP contribution in [0, 0.1) is 13.8 Å². The molecule has 4 heteroatoms. The summed E-state index contributed by atoms with van der Waals surface area (Å²) in [5.74, 6) is -0.105. The number of aromatic nitrogens is 1. The SMILES string of the molecule is Cc1ccc(C)n1NC(=O)c1ccccc1CCN. The number of carbonyl (C=O) groups is 1. The predicted molar refractivity (Wildman–Crippen MR) is 76.8 cm³/mol. The minimum absolute atomic E-state index is 0.105. The molecule has 0 saturated heterocycles. The second-order valence-corrected chi connectivity index (χ2v) is 4.59. The van der Waals surface area contributed by atoms with Crippen LogP contribution in [0.4, 0.5) is 0 Å². The first-order chi connectivity index (χ1) is 9.13. The van der Waals surface area contributed by atoms with Gasteiger partial charge in [-0.3, -0.25) is 14.9 Å². The van der Waals surface area contributed by atoms with Crippen LogP contribution in [-0.4, -0.2) is 17.1 Å². The second kappa shape index (κ2) is 5.71. The van der Waals surface area contributed by atoms with Gasteiger partial charge in [-0.25, -0.2) is 0 Å². The van der Waals surface area contributed by atoms with Crippen LogP contribution in [0.25, 0.3) is 0 Å². The van der Waals surface area contributed by atoms with Gasteiger partial charge in [0.1, 0.15) is 0 Å². The highest BCUT2D eigenvalue weighted by Gasteiger charge is 2.12. The zero-order valence-electron chi connectivity index (χ0n) is 11.3. The normalized spacial score (nSPS) is 10.5. The summed E-state index contributed by atoms with van der Waals surface area (Å²) in [5, 5.41) is 0. The van der Waals surface area contributed by atoms with Crippen molar-refractivity contribution in [3.05, 3.63) is 58.9 Å². The van der Waals surface area contributed by atoms with Gasteiger partial charge in [-0.15, -0.1) is 0 Å². The molecule has 2 rings (SSSR count). The Bertz CT molecular complexity index is 567. The molecule has 0 spiro atoms.